The molecular weight excluding hydrogens is 496 g/mol. The van der Waals surface area contributed by atoms with Crippen LogP contribution in [-0.2, 0) is 9.53 Å². The number of esters is 1. The molecule has 1 saturated heterocycles. The number of piperazine rings is 1. The van der Waals surface area contributed by atoms with E-state index in [-0.39, 0.29) is 18.5 Å². The van der Waals surface area contributed by atoms with Crippen molar-refractivity contribution in [3.05, 3.63) is 57.4 Å². The fourth-order valence-electron chi connectivity index (χ4n) is 4.52. The summed E-state index contributed by atoms with van der Waals surface area (Å²) >= 11 is 1.43. The Morgan fingerprint density at radius 1 is 1.08 bits per heavy atom. The minimum Gasteiger partial charge on any atom is -0.497 e. The molecule has 10 nitrogen and oxygen atoms in total. The number of methoxy groups -OCH3 is 2. The van der Waals surface area contributed by atoms with E-state index in [0.29, 0.717) is 61.1 Å². The summed E-state index contributed by atoms with van der Waals surface area (Å²) in [4.78, 5) is 45.2. The molecule has 2 aromatic rings. The molecule has 198 valence electrons. The summed E-state index contributed by atoms with van der Waals surface area (Å²) in [6, 6.07) is 7.89. The predicted octanol–water partition coefficient (Wildman–Crippen LogP) is 2.74. The average Bonchev–Trinajstić information content (AvgIpc) is 3.46. The van der Waals surface area contributed by atoms with Crippen molar-refractivity contribution in [2.24, 2.45) is 0 Å². The molecule has 1 aromatic carbocycles. The number of hydrogen-bond donors (Lipinski definition) is 1. The van der Waals surface area contributed by atoms with Crippen molar-refractivity contribution in [2.45, 2.75) is 13.0 Å². The Labute approximate surface area is 220 Å². The highest BCUT2D eigenvalue weighted by molar-refractivity contribution is 7.12. The maximum absolute atomic E-state index is 13.3. The van der Waals surface area contributed by atoms with Crippen LogP contribution in [0.1, 0.15) is 28.2 Å². The fraction of sp³-hybridized carbons (Fsp3) is 0.423. The van der Waals surface area contributed by atoms with Crippen LogP contribution in [0.2, 0.25) is 0 Å². The summed E-state index contributed by atoms with van der Waals surface area (Å²) in [6.45, 7) is 4.66. The Morgan fingerprint density at radius 3 is 2.32 bits per heavy atom. The van der Waals surface area contributed by atoms with Gasteiger partial charge in [-0.1, -0.05) is 6.07 Å². The molecule has 0 unspecified atom stereocenters. The number of likely N-dealkylation sites (N-methyl/N-ethyl adjacent to an activating group) is 1. The first-order valence-corrected chi connectivity index (χ1v) is 13.0. The standard InChI is InChI=1S/C26H32N4O6S/c1-5-36-25(32)22-20(16-29-8-10-30(11-9-29)24(31)21-7-6-12-37-21)28(2)26(33)27-23(22)17-13-18(34-3)15-19(14-17)35-4/h6-7,12-15,23H,5,8-11,16H2,1-4H3,(H,27,33)/t23-/m0/s1. The van der Waals surface area contributed by atoms with E-state index < -0.39 is 12.0 Å². The third kappa shape index (κ3) is 5.72. The van der Waals surface area contributed by atoms with Crippen LogP contribution in [-0.4, -0.2) is 93.2 Å². The summed E-state index contributed by atoms with van der Waals surface area (Å²) < 4.78 is 16.2. The summed E-state index contributed by atoms with van der Waals surface area (Å²) in [5.74, 6) is 0.613. The highest BCUT2D eigenvalue weighted by Crippen LogP contribution is 2.35. The van der Waals surface area contributed by atoms with Gasteiger partial charge in [-0.2, -0.15) is 0 Å². The number of urea groups is 1. The van der Waals surface area contributed by atoms with E-state index in [1.54, 1.807) is 46.4 Å². The second-order valence-corrected chi connectivity index (χ2v) is 9.66. The number of rotatable bonds is 8. The second kappa shape index (κ2) is 11.7. The van der Waals surface area contributed by atoms with Crippen molar-refractivity contribution in [3.8, 4) is 11.5 Å². The van der Waals surface area contributed by atoms with E-state index >= 15 is 0 Å². The van der Waals surface area contributed by atoms with Gasteiger partial charge in [0.2, 0.25) is 0 Å². The Balaban J connectivity index is 1.63. The summed E-state index contributed by atoms with van der Waals surface area (Å²) in [7, 11) is 4.73. The Morgan fingerprint density at radius 2 is 1.76 bits per heavy atom. The monoisotopic (exact) mass is 528 g/mol. The van der Waals surface area contributed by atoms with Crippen molar-refractivity contribution in [1.82, 2.24) is 20.0 Å². The number of carbonyl (C=O) groups excluding carboxylic acids is 3. The van der Waals surface area contributed by atoms with Gasteiger partial charge >= 0.3 is 12.0 Å². The highest BCUT2D eigenvalue weighted by atomic mass is 32.1. The van der Waals surface area contributed by atoms with Crippen LogP contribution in [0.15, 0.2) is 47.0 Å². The van der Waals surface area contributed by atoms with E-state index in [9.17, 15) is 14.4 Å². The van der Waals surface area contributed by atoms with Gasteiger partial charge in [-0.25, -0.2) is 9.59 Å². The first kappa shape index (κ1) is 26.5. The molecule has 1 atom stereocenters. The van der Waals surface area contributed by atoms with E-state index in [1.807, 2.05) is 22.4 Å². The average molecular weight is 529 g/mol. The molecule has 3 heterocycles. The number of carbonyl (C=O) groups is 3. The van der Waals surface area contributed by atoms with E-state index in [4.69, 9.17) is 14.2 Å². The van der Waals surface area contributed by atoms with Crippen molar-refractivity contribution >= 4 is 29.2 Å². The lowest BCUT2D eigenvalue weighted by Crippen LogP contribution is -2.53. The smallest absolute Gasteiger partial charge is 0.338 e. The Kier molecular flexibility index (Phi) is 8.34. The van der Waals surface area contributed by atoms with Crippen molar-refractivity contribution in [2.75, 3.05) is 60.6 Å². The molecule has 2 aliphatic heterocycles. The Hall–Kier alpha value is -3.57. The lowest BCUT2D eigenvalue weighted by molar-refractivity contribution is -0.139. The highest BCUT2D eigenvalue weighted by Gasteiger charge is 2.38. The quantitative estimate of drug-likeness (QED) is 0.526. The van der Waals surface area contributed by atoms with Gasteiger partial charge in [0.25, 0.3) is 5.91 Å². The first-order valence-electron chi connectivity index (χ1n) is 12.1. The van der Waals surface area contributed by atoms with Gasteiger partial charge in [-0.05, 0) is 36.1 Å². The number of benzene rings is 1. The van der Waals surface area contributed by atoms with Crippen LogP contribution in [0, 0.1) is 0 Å². The minimum atomic E-state index is -0.747. The van der Waals surface area contributed by atoms with Crippen molar-refractivity contribution < 1.29 is 28.6 Å². The number of nitrogens with one attached hydrogen (secondary N) is 1. The van der Waals surface area contributed by atoms with Gasteiger partial charge < -0.3 is 24.4 Å². The number of ether oxygens (including phenoxy) is 3. The number of nitrogens with zero attached hydrogens (tertiary/aromatic N) is 3. The van der Waals surface area contributed by atoms with Gasteiger partial charge in [-0.15, -0.1) is 11.3 Å². The van der Waals surface area contributed by atoms with Gasteiger partial charge in [-0.3, -0.25) is 14.6 Å². The summed E-state index contributed by atoms with van der Waals surface area (Å²) in [6.07, 6.45) is 0. The normalized spacial score (nSPS) is 18.5. The number of hydrogen-bond acceptors (Lipinski definition) is 8. The van der Waals surface area contributed by atoms with Gasteiger partial charge in [0.15, 0.2) is 0 Å². The summed E-state index contributed by atoms with van der Waals surface area (Å²) in [5, 5.41) is 4.82. The molecule has 37 heavy (non-hydrogen) atoms. The largest absolute Gasteiger partial charge is 0.497 e. The molecule has 2 aliphatic rings. The van der Waals surface area contributed by atoms with E-state index in [2.05, 4.69) is 10.2 Å². The SMILES string of the molecule is CCOC(=O)C1=C(CN2CCN(C(=O)c3cccs3)CC2)N(C)C(=O)N[C@H]1c1cc(OC)cc(OC)c1. The first-order chi connectivity index (χ1) is 17.9. The minimum absolute atomic E-state index is 0.0299. The molecule has 11 heteroatoms. The second-order valence-electron chi connectivity index (χ2n) is 8.71. The van der Waals surface area contributed by atoms with Crippen LogP contribution >= 0.6 is 11.3 Å². The molecule has 1 N–H and O–H groups in total. The van der Waals surface area contributed by atoms with Crippen LogP contribution < -0.4 is 14.8 Å². The predicted molar refractivity (Wildman–Crippen MR) is 139 cm³/mol. The molecule has 0 spiro atoms. The third-order valence-corrected chi connectivity index (χ3v) is 7.40. The number of thiophene rings is 1. The Bertz CT molecular complexity index is 1150. The van der Waals surface area contributed by atoms with Crippen LogP contribution in [0.3, 0.4) is 0 Å². The fourth-order valence-corrected chi connectivity index (χ4v) is 5.21. The zero-order valence-corrected chi connectivity index (χ0v) is 22.3. The van der Waals surface area contributed by atoms with Crippen molar-refractivity contribution in [1.29, 1.82) is 0 Å². The van der Waals surface area contributed by atoms with E-state index in [0.717, 1.165) is 4.88 Å². The topological polar surface area (TPSA) is 101 Å². The summed E-state index contributed by atoms with van der Waals surface area (Å²) in [5.41, 5.74) is 1.56. The molecule has 0 aliphatic carbocycles. The zero-order chi connectivity index (χ0) is 26.5. The molecule has 4 rings (SSSR count). The zero-order valence-electron chi connectivity index (χ0n) is 21.5. The maximum atomic E-state index is 13.3. The van der Waals surface area contributed by atoms with Crippen LogP contribution in [0.25, 0.3) is 0 Å². The molecule has 3 amide bonds. The molecule has 1 aromatic heterocycles. The molecular formula is C26H32N4O6S. The molecule has 0 saturated carbocycles. The maximum Gasteiger partial charge on any atom is 0.338 e. The lowest BCUT2D eigenvalue weighted by atomic mass is 9.93. The molecule has 0 bridgehead atoms. The molecule has 0 radical (unpaired) electrons. The van der Waals surface area contributed by atoms with Crippen molar-refractivity contribution in [3.63, 3.8) is 0 Å². The van der Waals surface area contributed by atoms with Gasteiger partial charge in [0, 0.05) is 51.5 Å². The van der Waals surface area contributed by atoms with Gasteiger partial charge in [0.1, 0.15) is 11.5 Å². The third-order valence-electron chi connectivity index (χ3n) is 6.54. The van der Waals surface area contributed by atoms with E-state index in [1.165, 1.54) is 16.2 Å². The van der Waals surface area contributed by atoms with Crippen LogP contribution in [0.4, 0.5) is 4.79 Å². The van der Waals surface area contributed by atoms with Crippen LogP contribution in [0.5, 0.6) is 11.5 Å². The number of amides is 3. The lowest BCUT2D eigenvalue weighted by Gasteiger charge is -2.39. The van der Waals surface area contributed by atoms with Gasteiger partial charge in [0.05, 0.1) is 37.3 Å². The molecule has 1 fully saturated rings.